The molecule has 1 saturated carbocycles. The van der Waals surface area contributed by atoms with E-state index in [-0.39, 0.29) is 36.3 Å². The van der Waals surface area contributed by atoms with Gasteiger partial charge in [-0.15, -0.1) is 12.4 Å². The van der Waals surface area contributed by atoms with Crippen molar-refractivity contribution in [1.82, 2.24) is 5.32 Å². The number of rotatable bonds is 3. The van der Waals surface area contributed by atoms with E-state index in [1.54, 1.807) is 0 Å². The third-order valence-electron chi connectivity index (χ3n) is 3.95. The Labute approximate surface area is 127 Å². The molecule has 1 fully saturated rings. The summed E-state index contributed by atoms with van der Waals surface area (Å²) < 4.78 is 0. The van der Waals surface area contributed by atoms with Gasteiger partial charge in [-0.2, -0.15) is 0 Å². The molecule has 1 aliphatic rings. The maximum atomic E-state index is 12.2. The van der Waals surface area contributed by atoms with E-state index in [9.17, 15) is 4.79 Å². The van der Waals surface area contributed by atoms with E-state index in [1.807, 2.05) is 6.92 Å². The molecular weight excluding hydrogens is 272 g/mol. The number of amides is 1. The number of hydrogen-bond acceptors (Lipinski definition) is 2. The molecule has 1 aromatic rings. The van der Waals surface area contributed by atoms with Gasteiger partial charge >= 0.3 is 0 Å². The van der Waals surface area contributed by atoms with Gasteiger partial charge in [-0.25, -0.2) is 0 Å². The van der Waals surface area contributed by atoms with Crippen LogP contribution in [-0.4, -0.2) is 11.9 Å². The molecule has 0 bridgehead atoms. The highest BCUT2D eigenvalue weighted by atomic mass is 35.5. The summed E-state index contributed by atoms with van der Waals surface area (Å²) in [5.41, 5.74) is 9.51. The van der Waals surface area contributed by atoms with E-state index < -0.39 is 0 Å². The molecule has 1 amide bonds. The molecule has 0 radical (unpaired) electrons. The lowest BCUT2D eigenvalue weighted by Gasteiger charge is -2.18. The van der Waals surface area contributed by atoms with Gasteiger partial charge in [-0.3, -0.25) is 4.79 Å². The summed E-state index contributed by atoms with van der Waals surface area (Å²) in [7, 11) is 0. The molecule has 4 heteroatoms. The standard InChI is InChI=1S/C16H24N2O.ClH/c1-10-6-11(2)8-14(7-10)12(3)18-16(19)13-4-5-15(17)9-13;/h6-8,12-13,15H,4-5,9,17H2,1-3H3,(H,18,19);1H. The Balaban J connectivity index is 0.00000200. The van der Waals surface area contributed by atoms with Crippen molar-refractivity contribution < 1.29 is 4.79 Å². The summed E-state index contributed by atoms with van der Waals surface area (Å²) in [6.07, 6.45) is 2.72. The van der Waals surface area contributed by atoms with Gasteiger partial charge in [0.2, 0.25) is 5.91 Å². The Kier molecular flexibility index (Phi) is 6.03. The normalized spacial score (nSPS) is 23.0. The van der Waals surface area contributed by atoms with Crippen molar-refractivity contribution in [2.24, 2.45) is 11.7 Å². The van der Waals surface area contributed by atoms with Crippen LogP contribution in [0.25, 0.3) is 0 Å². The minimum atomic E-state index is 0. The Hall–Kier alpha value is -1.06. The van der Waals surface area contributed by atoms with Crippen LogP contribution in [0.5, 0.6) is 0 Å². The fourth-order valence-electron chi connectivity index (χ4n) is 2.93. The number of halogens is 1. The highest BCUT2D eigenvalue weighted by molar-refractivity contribution is 5.85. The quantitative estimate of drug-likeness (QED) is 0.901. The minimum Gasteiger partial charge on any atom is -0.349 e. The second kappa shape index (κ2) is 7.09. The lowest BCUT2D eigenvalue weighted by molar-refractivity contribution is -0.125. The molecule has 0 aromatic heterocycles. The number of nitrogens with two attached hydrogens (primary N) is 1. The predicted octanol–water partition coefficient (Wildman–Crippen LogP) is 3.03. The summed E-state index contributed by atoms with van der Waals surface area (Å²) in [6.45, 7) is 6.21. The summed E-state index contributed by atoms with van der Waals surface area (Å²) in [5, 5.41) is 3.12. The molecule has 0 aliphatic heterocycles. The second-order valence-electron chi connectivity index (χ2n) is 5.92. The van der Waals surface area contributed by atoms with Gasteiger partial charge in [-0.1, -0.05) is 29.3 Å². The van der Waals surface area contributed by atoms with E-state index in [2.05, 4.69) is 37.4 Å². The third kappa shape index (κ3) is 4.22. The molecule has 3 atom stereocenters. The van der Waals surface area contributed by atoms with Gasteiger partial charge in [0.1, 0.15) is 0 Å². The van der Waals surface area contributed by atoms with Crippen molar-refractivity contribution in [3.05, 3.63) is 34.9 Å². The van der Waals surface area contributed by atoms with E-state index in [0.717, 1.165) is 19.3 Å². The van der Waals surface area contributed by atoms with Gasteiger partial charge in [0.15, 0.2) is 0 Å². The Morgan fingerprint density at radius 3 is 2.35 bits per heavy atom. The minimum absolute atomic E-state index is 0. The number of benzene rings is 1. The summed E-state index contributed by atoms with van der Waals surface area (Å²) in [5.74, 6) is 0.253. The van der Waals surface area contributed by atoms with Gasteiger partial charge in [0, 0.05) is 12.0 Å². The fraction of sp³-hybridized carbons (Fsp3) is 0.562. The molecule has 1 aromatic carbocycles. The molecule has 3 N–H and O–H groups in total. The number of nitrogens with one attached hydrogen (secondary N) is 1. The zero-order valence-electron chi connectivity index (χ0n) is 12.5. The Bertz CT molecular complexity index is 455. The van der Waals surface area contributed by atoms with Crippen molar-refractivity contribution in [3.8, 4) is 0 Å². The highest BCUT2D eigenvalue weighted by Gasteiger charge is 2.28. The van der Waals surface area contributed by atoms with Crippen LogP contribution < -0.4 is 11.1 Å². The number of carbonyl (C=O) groups is 1. The van der Waals surface area contributed by atoms with Crippen LogP contribution in [0.4, 0.5) is 0 Å². The average Bonchev–Trinajstić information content (AvgIpc) is 2.74. The van der Waals surface area contributed by atoms with Crippen molar-refractivity contribution in [3.63, 3.8) is 0 Å². The maximum Gasteiger partial charge on any atom is 0.223 e. The molecule has 3 unspecified atom stereocenters. The maximum absolute atomic E-state index is 12.2. The largest absolute Gasteiger partial charge is 0.349 e. The summed E-state index contributed by atoms with van der Waals surface area (Å²) in [6, 6.07) is 6.68. The number of hydrogen-bond donors (Lipinski definition) is 2. The van der Waals surface area contributed by atoms with E-state index in [0.29, 0.717) is 0 Å². The monoisotopic (exact) mass is 296 g/mol. The smallest absolute Gasteiger partial charge is 0.223 e. The van der Waals surface area contributed by atoms with Crippen molar-refractivity contribution in [1.29, 1.82) is 0 Å². The zero-order chi connectivity index (χ0) is 14.0. The SMILES string of the molecule is Cc1cc(C)cc(C(C)NC(=O)C2CCC(N)C2)c1.Cl. The van der Waals surface area contributed by atoms with Gasteiger partial charge in [0.05, 0.1) is 6.04 Å². The van der Waals surface area contributed by atoms with Crippen molar-refractivity contribution in [2.75, 3.05) is 0 Å². The van der Waals surface area contributed by atoms with Crippen molar-refractivity contribution >= 4 is 18.3 Å². The first-order chi connectivity index (χ1) is 8.95. The molecule has 0 saturated heterocycles. The fourth-order valence-corrected chi connectivity index (χ4v) is 2.93. The topological polar surface area (TPSA) is 55.1 Å². The average molecular weight is 297 g/mol. The Morgan fingerprint density at radius 2 is 1.85 bits per heavy atom. The zero-order valence-corrected chi connectivity index (χ0v) is 13.3. The molecule has 2 rings (SSSR count). The van der Waals surface area contributed by atoms with Crippen LogP contribution in [0.2, 0.25) is 0 Å². The highest BCUT2D eigenvalue weighted by Crippen LogP contribution is 2.25. The lowest BCUT2D eigenvalue weighted by atomic mass is 10.0. The molecule has 20 heavy (non-hydrogen) atoms. The van der Waals surface area contributed by atoms with E-state index in [1.165, 1.54) is 16.7 Å². The van der Waals surface area contributed by atoms with Gasteiger partial charge in [0.25, 0.3) is 0 Å². The molecule has 112 valence electrons. The molecule has 0 spiro atoms. The molecule has 0 heterocycles. The van der Waals surface area contributed by atoms with E-state index >= 15 is 0 Å². The van der Waals surface area contributed by atoms with Crippen LogP contribution in [0.15, 0.2) is 18.2 Å². The van der Waals surface area contributed by atoms with Crippen LogP contribution >= 0.6 is 12.4 Å². The first kappa shape index (κ1) is 17.0. The van der Waals surface area contributed by atoms with Crippen LogP contribution in [0.3, 0.4) is 0 Å². The first-order valence-corrected chi connectivity index (χ1v) is 7.10. The third-order valence-corrected chi connectivity index (χ3v) is 3.95. The van der Waals surface area contributed by atoms with Crippen molar-refractivity contribution in [2.45, 2.75) is 52.1 Å². The molecule has 3 nitrogen and oxygen atoms in total. The summed E-state index contributed by atoms with van der Waals surface area (Å²) in [4.78, 5) is 12.2. The van der Waals surface area contributed by atoms with Crippen LogP contribution in [0, 0.1) is 19.8 Å². The molecule has 1 aliphatic carbocycles. The molecular formula is C16H25ClN2O. The van der Waals surface area contributed by atoms with Crippen LogP contribution in [-0.2, 0) is 4.79 Å². The first-order valence-electron chi connectivity index (χ1n) is 7.10. The number of carbonyl (C=O) groups excluding carboxylic acids is 1. The second-order valence-corrected chi connectivity index (χ2v) is 5.92. The van der Waals surface area contributed by atoms with Crippen LogP contribution in [0.1, 0.15) is 48.9 Å². The van der Waals surface area contributed by atoms with Gasteiger partial charge < -0.3 is 11.1 Å². The number of aryl methyl sites for hydroxylation is 2. The van der Waals surface area contributed by atoms with E-state index in [4.69, 9.17) is 5.73 Å². The summed E-state index contributed by atoms with van der Waals surface area (Å²) >= 11 is 0. The predicted molar refractivity (Wildman–Crippen MR) is 85.0 cm³/mol. The van der Waals surface area contributed by atoms with Gasteiger partial charge in [-0.05, 0) is 45.6 Å². The Morgan fingerprint density at radius 1 is 1.25 bits per heavy atom. The lowest BCUT2D eigenvalue weighted by Crippen LogP contribution is -2.32.